The van der Waals surface area contributed by atoms with Crippen LogP contribution in [0, 0.1) is 11.7 Å². The zero-order chi connectivity index (χ0) is 20.9. The molecule has 1 saturated carbocycles. The Balaban J connectivity index is 1.75. The largest absolute Gasteiger partial charge is 0.477 e. The molecule has 10 heteroatoms. The maximum absolute atomic E-state index is 14.9. The number of aromatic nitrogens is 2. The van der Waals surface area contributed by atoms with Crippen LogP contribution in [0.15, 0.2) is 17.1 Å². The molecule has 1 aliphatic carbocycles. The number of nitrogens with one attached hydrogen (secondary N) is 1. The fourth-order valence-corrected chi connectivity index (χ4v) is 4.05. The summed E-state index contributed by atoms with van der Waals surface area (Å²) in [4.78, 5) is 41.2. The van der Waals surface area contributed by atoms with Gasteiger partial charge in [0.05, 0.1) is 10.8 Å². The third-order valence-electron chi connectivity index (χ3n) is 5.38. The molecule has 1 aliphatic heterocycles. The zero-order valence-electron chi connectivity index (χ0n) is 15.7. The average molecular weight is 423 g/mol. The SMILES string of the molecule is CC(=O)NC[C@@H]1CN(c2nc3c(cc2F)c(=O)c(C(=O)O)cn3C2CC2)C[C@@H]1Cl. The molecule has 0 aromatic carbocycles. The molecule has 2 fully saturated rings. The first-order valence-corrected chi connectivity index (χ1v) is 9.82. The third kappa shape index (κ3) is 3.66. The monoisotopic (exact) mass is 422 g/mol. The molecule has 154 valence electrons. The Labute approximate surface area is 170 Å². The standard InChI is InChI=1S/C19H20ClFN4O4/c1-9(26)22-5-10-6-24(8-14(10)20)18-15(21)4-12-16(27)13(19(28)29)7-25(11-2-3-11)17(12)23-18/h4,7,10-11,14H,2-3,5-6,8H2,1H3,(H,22,26)(H,28,29)/t10-,14+/m1/s1. The van der Waals surface area contributed by atoms with Gasteiger partial charge in [0, 0.05) is 44.7 Å². The summed E-state index contributed by atoms with van der Waals surface area (Å²) in [5.41, 5.74) is -0.867. The van der Waals surface area contributed by atoms with Crippen LogP contribution in [0.1, 0.15) is 36.2 Å². The van der Waals surface area contributed by atoms with Crippen LogP contribution in [0.2, 0.25) is 0 Å². The van der Waals surface area contributed by atoms with Gasteiger partial charge in [0.15, 0.2) is 11.6 Å². The van der Waals surface area contributed by atoms with E-state index >= 15 is 0 Å². The predicted molar refractivity (Wildman–Crippen MR) is 105 cm³/mol. The minimum absolute atomic E-state index is 0.0468. The number of carbonyl (C=O) groups is 2. The van der Waals surface area contributed by atoms with Crippen molar-refractivity contribution in [3.8, 4) is 0 Å². The van der Waals surface area contributed by atoms with Gasteiger partial charge in [-0.25, -0.2) is 14.2 Å². The molecule has 0 spiro atoms. The first kappa shape index (κ1) is 19.6. The van der Waals surface area contributed by atoms with Gasteiger partial charge in [0.25, 0.3) is 0 Å². The van der Waals surface area contributed by atoms with Gasteiger partial charge in [-0.1, -0.05) is 0 Å². The number of nitrogens with zero attached hydrogens (tertiary/aromatic N) is 3. The number of rotatable bonds is 5. The summed E-state index contributed by atoms with van der Waals surface area (Å²) in [6.07, 6.45) is 2.99. The molecule has 29 heavy (non-hydrogen) atoms. The lowest BCUT2D eigenvalue weighted by Crippen LogP contribution is -2.31. The minimum Gasteiger partial charge on any atom is -0.477 e. The predicted octanol–water partition coefficient (Wildman–Crippen LogP) is 1.75. The average Bonchev–Trinajstić information content (AvgIpc) is 3.43. The van der Waals surface area contributed by atoms with Crippen LogP contribution in [-0.2, 0) is 4.79 Å². The Morgan fingerprint density at radius 3 is 2.72 bits per heavy atom. The van der Waals surface area contributed by atoms with Crippen LogP contribution in [-0.4, -0.2) is 51.5 Å². The Hall–Kier alpha value is -2.68. The van der Waals surface area contributed by atoms with E-state index in [0.29, 0.717) is 19.6 Å². The summed E-state index contributed by atoms with van der Waals surface area (Å²) in [5, 5.41) is 11.7. The Bertz CT molecular complexity index is 1070. The molecule has 1 saturated heterocycles. The third-order valence-corrected chi connectivity index (χ3v) is 5.88. The number of halogens is 2. The van der Waals surface area contributed by atoms with Crippen LogP contribution in [0.25, 0.3) is 11.0 Å². The molecule has 1 amide bonds. The fourth-order valence-electron chi connectivity index (χ4n) is 3.71. The van der Waals surface area contributed by atoms with Crippen molar-refractivity contribution in [2.45, 2.75) is 31.2 Å². The lowest BCUT2D eigenvalue weighted by Gasteiger charge is -2.20. The Kier molecular flexibility index (Phi) is 4.94. The molecule has 2 aromatic heterocycles. The van der Waals surface area contributed by atoms with E-state index in [4.69, 9.17) is 11.6 Å². The van der Waals surface area contributed by atoms with Crippen LogP contribution >= 0.6 is 11.6 Å². The molecule has 0 radical (unpaired) electrons. The van der Waals surface area contributed by atoms with E-state index in [9.17, 15) is 23.9 Å². The molecular formula is C19H20ClFN4O4. The highest BCUT2D eigenvalue weighted by molar-refractivity contribution is 6.21. The molecule has 4 rings (SSSR count). The summed E-state index contributed by atoms with van der Waals surface area (Å²) >= 11 is 6.39. The van der Waals surface area contributed by atoms with Gasteiger partial charge in [-0.2, -0.15) is 0 Å². The van der Waals surface area contributed by atoms with Gasteiger partial charge >= 0.3 is 5.97 Å². The number of hydrogen-bond acceptors (Lipinski definition) is 5. The Morgan fingerprint density at radius 1 is 1.38 bits per heavy atom. The van der Waals surface area contributed by atoms with E-state index in [2.05, 4.69) is 10.3 Å². The number of amides is 1. The van der Waals surface area contributed by atoms with E-state index in [0.717, 1.165) is 18.9 Å². The van der Waals surface area contributed by atoms with Gasteiger partial charge in [0.2, 0.25) is 11.3 Å². The number of carbonyl (C=O) groups excluding carboxylic acids is 1. The topological polar surface area (TPSA) is 105 Å². The summed E-state index contributed by atoms with van der Waals surface area (Å²) in [6, 6.07) is 1.12. The number of alkyl halides is 1. The number of aromatic carboxylic acids is 1. The van der Waals surface area contributed by atoms with Crippen molar-refractivity contribution in [2.24, 2.45) is 5.92 Å². The van der Waals surface area contributed by atoms with Crippen molar-refractivity contribution >= 4 is 40.3 Å². The first-order chi connectivity index (χ1) is 13.8. The van der Waals surface area contributed by atoms with Crippen molar-refractivity contribution in [1.82, 2.24) is 14.9 Å². The van der Waals surface area contributed by atoms with Gasteiger partial charge in [-0.05, 0) is 18.9 Å². The van der Waals surface area contributed by atoms with Crippen LogP contribution < -0.4 is 15.6 Å². The van der Waals surface area contributed by atoms with E-state index in [1.807, 2.05) is 0 Å². The number of carboxylic acid groups (broad SMARTS) is 1. The quantitative estimate of drug-likeness (QED) is 0.711. The lowest BCUT2D eigenvalue weighted by atomic mass is 10.1. The van der Waals surface area contributed by atoms with E-state index in [-0.39, 0.29) is 40.1 Å². The number of carboxylic acids is 1. The summed E-state index contributed by atoms with van der Waals surface area (Å²) in [6.45, 7) is 2.56. The molecule has 2 atom stereocenters. The van der Waals surface area contributed by atoms with Crippen molar-refractivity contribution in [1.29, 1.82) is 0 Å². The van der Waals surface area contributed by atoms with Gasteiger partial charge < -0.3 is 19.9 Å². The second kappa shape index (κ2) is 7.29. The van der Waals surface area contributed by atoms with Crippen molar-refractivity contribution < 1.29 is 19.1 Å². The maximum Gasteiger partial charge on any atom is 0.341 e. The minimum atomic E-state index is -1.35. The molecule has 2 aromatic rings. The molecular weight excluding hydrogens is 403 g/mol. The fraction of sp³-hybridized carbons (Fsp3) is 0.474. The van der Waals surface area contributed by atoms with Crippen molar-refractivity contribution in [3.63, 3.8) is 0 Å². The van der Waals surface area contributed by atoms with Crippen LogP contribution in [0.5, 0.6) is 0 Å². The smallest absolute Gasteiger partial charge is 0.341 e. The van der Waals surface area contributed by atoms with E-state index < -0.39 is 22.8 Å². The highest BCUT2D eigenvalue weighted by atomic mass is 35.5. The first-order valence-electron chi connectivity index (χ1n) is 9.38. The number of anilines is 1. The number of fused-ring (bicyclic) bond motifs is 1. The molecule has 8 nitrogen and oxygen atoms in total. The van der Waals surface area contributed by atoms with Gasteiger partial charge in [-0.3, -0.25) is 9.59 Å². The molecule has 2 aliphatic rings. The van der Waals surface area contributed by atoms with Crippen LogP contribution in [0.4, 0.5) is 10.2 Å². The summed E-state index contributed by atoms with van der Waals surface area (Å²) < 4.78 is 16.5. The second-order valence-corrected chi connectivity index (χ2v) is 8.16. The molecule has 2 N–H and O–H groups in total. The zero-order valence-corrected chi connectivity index (χ0v) is 16.4. The second-order valence-electron chi connectivity index (χ2n) is 7.60. The van der Waals surface area contributed by atoms with E-state index in [1.54, 1.807) is 9.47 Å². The summed E-state index contributed by atoms with van der Waals surface area (Å²) in [7, 11) is 0. The van der Waals surface area contributed by atoms with E-state index in [1.165, 1.54) is 13.1 Å². The van der Waals surface area contributed by atoms with Crippen LogP contribution in [0.3, 0.4) is 0 Å². The summed E-state index contributed by atoms with van der Waals surface area (Å²) in [5.74, 6) is -2.21. The molecule has 3 heterocycles. The number of pyridine rings is 2. The highest BCUT2D eigenvalue weighted by Crippen LogP contribution is 2.37. The highest BCUT2D eigenvalue weighted by Gasteiger charge is 2.34. The maximum atomic E-state index is 14.9. The van der Waals surface area contributed by atoms with Gasteiger partial charge in [0.1, 0.15) is 11.2 Å². The van der Waals surface area contributed by atoms with Crippen molar-refractivity contribution in [3.05, 3.63) is 33.9 Å². The van der Waals surface area contributed by atoms with Crippen molar-refractivity contribution in [2.75, 3.05) is 24.5 Å². The molecule has 0 bridgehead atoms. The molecule has 0 unspecified atom stereocenters. The normalized spacial score (nSPS) is 21.6. The lowest BCUT2D eigenvalue weighted by molar-refractivity contribution is -0.119. The van der Waals surface area contributed by atoms with Gasteiger partial charge in [-0.15, -0.1) is 11.6 Å². The number of hydrogen-bond donors (Lipinski definition) is 2. The Morgan fingerprint density at radius 2 is 2.10 bits per heavy atom.